The van der Waals surface area contributed by atoms with Gasteiger partial charge in [0.15, 0.2) is 0 Å². The van der Waals surface area contributed by atoms with Crippen LogP contribution in [-0.2, 0) is 19.0 Å². The third kappa shape index (κ3) is 5.54. The summed E-state index contributed by atoms with van der Waals surface area (Å²) < 4.78 is 30.0. The summed E-state index contributed by atoms with van der Waals surface area (Å²) in [6.07, 6.45) is 3.47. The van der Waals surface area contributed by atoms with Gasteiger partial charge in [0.25, 0.3) is 0 Å². The minimum absolute atomic E-state index is 0.135. The molecule has 0 aromatic heterocycles. The Kier molecular flexibility index (Phi) is 8.59. The molecule has 0 aliphatic heterocycles. The second-order valence-electron chi connectivity index (χ2n) is 7.84. The first-order valence-electron chi connectivity index (χ1n) is 10.0. The summed E-state index contributed by atoms with van der Waals surface area (Å²) in [7, 11) is 4.33. The SMILES string of the molecule is COCC(COC)N(C(=O)C1CCC(C)CC1)c1cc(F)c(C)cc1C(=O)OC. The smallest absolute Gasteiger partial charge is 0.339 e. The van der Waals surface area contributed by atoms with Crippen molar-refractivity contribution in [2.24, 2.45) is 11.8 Å². The first-order valence-corrected chi connectivity index (χ1v) is 10.0. The normalized spacial score (nSPS) is 19.3. The maximum absolute atomic E-state index is 14.5. The largest absolute Gasteiger partial charge is 0.465 e. The van der Waals surface area contributed by atoms with Crippen LogP contribution in [0.1, 0.15) is 48.5 Å². The van der Waals surface area contributed by atoms with Crippen LogP contribution in [0.5, 0.6) is 0 Å². The average molecular weight is 409 g/mol. The Labute approximate surface area is 172 Å². The molecule has 0 spiro atoms. The van der Waals surface area contributed by atoms with Crippen LogP contribution >= 0.6 is 0 Å². The first kappa shape index (κ1) is 23.3. The number of carbonyl (C=O) groups is 2. The van der Waals surface area contributed by atoms with Crippen LogP contribution in [0.3, 0.4) is 0 Å². The number of aryl methyl sites for hydroxylation is 1. The number of carbonyl (C=O) groups excluding carboxylic acids is 2. The van der Waals surface area contributed by atoms with E-state index in [1.165, 1.54) is 38.4 Å². The molecule has 2 rings (SSSR count). The molecule has 7 heteroatoms. The molecular formula is C22H32FNO5. The topological polar surface area (TPSA) is 65.1 Å². The third-order valence-electron chi connectivity index (χ3n) is 5.63. The summed E-state index contributed by atoms with van der Waals surface area (Å²) in [4.78, 5) is 27.5. The number of hydrogen-bond donors (Lipinski definition) is 0. The number of amides is 1. The Morgan fingerprint density at radius 1 is 1.10 bits per heavy atom. The van der Waals surface area contributed by atoms with E-state index in [2.05, 4.69) is 6.92 Å². The molecule has 0 radical (unpaired) electrons. The molecule has 162 valence electrons. The number of halogens is 1. The minimum Gasteiger partial charge on any atom is -0.465 e. The van der Waals surface area contributed by atoms with Crippen molar-refractivity contribution in [1.29, 1.82) is 0 Å². The van der Waals surface area contributed by atoms with Gasteiger partial charge in [-0.2, -0.15) is 0 Å². The molecule has 1 aromatic carbocycles. The van der Waals surface area contributed by atoms with E-state index >= 15 is 0 Å². The maximum Gasteiger partial charge on any atom is 0.339 e. The average Bonchev–Trinajstić information content (AvgIpc) is 2.70. The van der Waals surface area contributed by atoms with E-state index in [1.807, 2.05) is 0 Å². The number of methoxy groups -OCH3 is 3. The van der Waals surface area contributed by atoms with Crippen LogP contribution in [0, 0.1) is 24.6 Å². The van der Waals surface area contributed by atoms with Gasteiger partial charge in [0, 0.05) is 20.1 Å². The van der Waals surface area contributed by atoms with Gasteiger partial charge in [-0.3, -0.25) is 4.79 Å². The fraction of sp³-hybridized carbons (Fsp3) is 0.636. The quantitative estimate of drug-likeness (QED) is 0.612. The van der Waals surface area contributed by atoms with Crippen LogP contribution in [0.15, 0.2) is 12.1 Å². The summed E-state index contributed by atoms with van der Waals surface area (Å²) in [6, 6.07) is 2.17. The highest BCUT2D eigenvalue weighted by Gasteiger charge is 2.35. The zero-order chi connectivity index (χ0) is 21.6. The minimum atomic E-state index is -0.619. The molecule has 1 fully saturated rings. The van der Waals surface area contributed by atoms with Gasteiger partial charge >= 0.3 is 5.97 Å². The molecule has 1 aliphatic carbocycles. The number of hydrogen-bond acceptors (Lipinski definition) is 5. The molecule has 1 saturated carbocycles. The Hall–Kier alpha value is -1.99. The third-order valence-corrected chi connectivity index (χ3v) is 5.63. The van der Waals surface area contributed by atoms with Gasteiger partial charge in [0.1, 0.15) is 5.82 Å². The molecule has 0 atom stereocenters. The summed E-state index contributed by atoms with van der Waals surface area (Å²) in [5, 5.41) is 0. The second-order valence-corrected chi connectivity index (χ2v) is 7.84. The number of nitrogens with zero attached hydrogens (tertiary/aromatic N) is 1. The lowest BCUT2D eigenvalue weighted by Gasteiger charge is -2.36. The van der Waals surface area contributed by atoms with Crippen molar-refractivity contribution in [2.45, 2.75) is 45.6 Å². The number of benzene rings is 1. The highest BCUT2D eigenvalue weighted by Crippen LogP contribution is 2.34. The van der Waals surface area contributed by atoms with Gasteiger partial charge < -0.3 is 19.1 Å². The van der Waals surface area contributed by atoms with E-state index in [4.69, 9.17) is 14.2 Å². The molecular weight excluding hydrogens is 377 g/mol. The molecule has 6 nitrogen and oxygen atoms in total. The lowest BCUT2D eigenvalue weighted by Crippen LogP contribution is -2.49. The van der Waals surface area contributed by atoms with Crippen molar-refractivity contribution in [3.63, 3.8) is 0 Å². The molecule has 1 aliphatic rings. The Morgan fingerprint density at radius 3 is 2.21 bits per heavy atom. The lowest BCUT2D eigenvalue weighted by atomic mass is 9.82. The summed E-state index contributed by atoms with van der Waals surface area (Å²) >= 11 is 0. The standard InChI is InChI=1S/C22H32FNO5/c1-14-6-8-16(9-7-14)21(25)24(17(12-27-3)13-28-4)20-11-19(23)15(2)10-18(20)22(26)29-5/h10-11,14,16-17H,6-9,12-13H2,1-5H3. The molecule has 0 N–H and O–H groups in total. The van der Waals surface area contributed by atoms with Crippen LogP contribution in [-0.4, -0.2) is 52.5 Å². The van der Waals surface area contributed by atoms with Gasteiger partial charge in [-0.1, -0.05) is 6.92 Å². The van der Waals surface area contributed by atoms with Crippen molar-refractivity contribution in [3.8, 4) is 0 Å². The van der Waals surface area contributed by atoms with Crippen LogP contribution in [0.4, 0.5) is 10.1 Å². The van der Waals surface area contributed by atoms with Crippen LogP contribution in [0.25, 0.3) is 0 Å². The van der Waals surface area contributed by atoms with Gasteiger partial charge in [-0.05, 0) is 56.2 Å². The van der Waals surface area contributed by atoms with E-state index < -0.39 is 17.8 Å². The van der Waals surface area contributed by atoms with Gasteiger partial charge in [0.2, 0.25) is 5.91 Å². The van der Waals surface area contributed by atoms with E-state index in [1.54, 1.807) is 6.92 Å². The predicted octanol–water partition coefficient (Wildman–Crippen LogP) is 3.74. The fourth-order valence-electron chi connectivity index (χ4n) is 3.92. The van der Waals surface area contributed by atoms with E-state index in [0.29, 0.717) is 11.5 Å². The highest BCUT2D eigenvalue weighted by atomic mass is 19.1. The zero-order valence-electron chi connectivity index (χ0n) is 18.0. The number of esters is 1. The van der Waals surface area contributed by atoms with Crippen molar-refractivity contribution >= 4 is 17.6 Å². The van der Waals surface area contributed by atoms with Crippen LogP contribution in [0.2, 0.25) is 0 Å². The van der Waals surface area contributed by atoms with Crippen molar-refractivity contribution < 1.29 is 28.2 Å². The molecule has 1 aromatic rings. The van der Waals surface area contributed by atoms with Gasteiger partial charge in [-0.25, -0.2) is 9.18 Å². The van der Waals surface area contributed by atoms with Crippen molar-refractivity contribution in [3.05, 3.63) is 29.1 Å². The highest BCUT2D eigenvalue weighted by molar-refractivity contribution is 6.03. The number of ether oxygens (including phenoxy) is 3. The Balaban J connectivity index is 2.56. The molecule has 29 heavy (non-hydrogen) atoms. The molecule has 0 bridgehead atoms. The Morgan fingerprint density at radius 2 is 1.69 bits per heavy atom. The molecule has 1 amide bonds. The summed E-state index contributed by atoms with van der Waals surface area (Å²) in [5.41, 5.74) is 0.659. The van der Waals surface area contributed by atoms with E-state index in [0.717, 1.165) is 25.7 Å². The number of rotatable bonds is 8. The predicted molar refractivity (Wildman–Crippen MR) is 109 cm³/mol. The molecule has 0 saturated heterocycles. The van der Waals surface area contributed by atoms with Crippen molar-refractivity contribution in [2.75, 3.05) is 39.4 Å². The maximum atomic E-state index is 14.5. The lowest BCUT2D eigenvalue weighted by molar-refractivity contribution is -0.124. The van der Waals surface area contributed by atoms with Gasteiger partial charge in [-0.15, -0.1) is 0 Å². The second kappa shape index (κ2) is 10.7. The van der Waals surface area contributed by atoms with Crippen molar-refractivity contribution in [1.82, 2.24) is 0 Å². The summed E-state index contributed by atoms with van der Waals surface area (Å²) in [5.74, 6) is -0.839. The van der Waals surface area contributed by atoms with E-state index in [9.17, 15) is 14.0 Å². The Bertz CT molecular complexity index is 709. The van der Waals surface area contributed by atoms with E-state index in [-0.39, 0.29) is 36.3 Å². The zero-order valence-corrected chi connectivity index (χ0v) is 18.0. The van der Waals surface area contributed by atoms with Crippen LogP contribution < -0.4 is 4.90 Å². The number of anilines is 1. The summed E-state index contributed by atoms with van der Waals surface area (Å²) in [6.45, 7) is 4.14. The fourth-order valence-corrected chi connectivity index (χ4v) is 3.92. The first-order chi connectivity index (χ1) is 13.8. The van der Waals surface area contributed by atoms with Gasteiger partial charge in [0.05, 0.1) is 37.6 Å². The monoisotopic (exact) mass is 409 g/mol. The molecule has 0 unspecified atom stereocenters. The molecule has 0 heterocycles.